The van der Waals surface area contributed by atoms with Gasteiger partial charge in [-0.2, -0.15) is 0 Å². The largest absolute Gasteiger partial charge is 0.350 e. The van der Waals surface area contributed by atoms with Crippen LogP contribution in [0.25, 0.3) is 10.9 Å². The van der Waals surface area contributed by atoms with E-state index in [0.717, 1.165) is 0 Å². The van der Waals surface area contributed by atoms with Gasteiger partial charge in [0.15, 0.2) is 0 Å². The highest BCUT2D eigenvalue weighted by Crippen LogP contribution is 2.31. The van der Waals surface area contributed by atoms with Crippen LogP contribution in [0.2, 0.25) is 5.02 Å². The molecule has 0 saturated carbocycles. The summed E-state index contributed by atoms with van der Waals surface area (Å²) >= 11 is 5.99. The van der Waals surface area contributed by atoms with Crippen molar-refractivity contribution >= 4 is 40.0 Å². The van der Waals surface area contributed by atoms with Gasteiger partial charge in [0.2, 0.25) is 5.78 Å². The number of hydroxylamine groups is 2. The minimum atomic E-state index is -0.757. The normalized spacial score (nSPS) is 10.6. The number of fused-ring (bicyclic) bond motifs is 1. The average molecular weight is 344 g/mol. The zero-order valence-electron chi connectivity index (χ0n) is 12.7. The first-order chi connectivity index (χ1) is 11.5. The van der Waals surface area contributed by atoms with Crippen LogP contribution in [0.15, 0.2) is 48.5 Å². The van der Waals surface area contributed by atoms with Gasteiger partial charge in [-0.05, 0) is 18.2 Å². The molecule has 24 heavy (non-hydrogen) atoms. The quantitative estimate of drug-likeness (QED) is 0.383. The van der Waals surface area contributed by atoms with Crippen molar-refractivity contribution in [3.8, 4) is 0 Å². The van der Waals surface area contributed by atoms with E-state index >= 15 is 0 Å². The highest BCUT2D eigenvalue weighted by molar-refractivity contribution is 6.31. The summed E-state index contributed by atoms with van der Waals surface area (Å²) in [6.45, 7) is 0. The molecule has 3 N–H and O–H groups in total. The molecule has 7 heteroatoms. The molecule has 0 fully saturated rings. The summed E-state index contributed by atoms with van der Waals surface area (Å²) in [6.07, 6.45) is 0. The number of halogens is 1. The molecule has 1 heterocycles. The van der Waals surface area contributed by atoms with E-state index in [1.54, 1.807) is 42.5 Å². The van der Waals surface area contributed by atoms with Crippen LogP contribution < -0.4 is 5.32 Å². The van der Waals surface area contributed by atoms with Gasteiger partial charge in [0.25, 0.3) is 0 Å². The number of hydrogen-bond donors (Lipinski definition) is 3. The Morgan fingerprint density at radius 2 is 1.88 bits per heavy atom. The smallest absolute Gasteiger partial charge is 0.345 e. The molecule has 2 amide bonds. The Labute approximate surface area is 142 Å². The molecule has 0 saturated heterocycles. The van der Waals surface area contributed by atoms with Crippen molar-refractivity contribution in [3.63, 3.8) is 0 Å². The number of ketones is 1. The van der Waals surface area contributed by atoms with Gasteiger partial charge in [0.05, 0.1) is 5.69 Å². The van der Waals surface area contributed by atoms with Crippen LogP contribution in [0.4, 0.5) is 10.5 Å². The fourth-order valence-electron chi connectivity index (χ4n) is 2.39. The number of aromatic amines is 1. The first-order valence-corrected chi connectivity index (χ1v) is 7.49. The maximum absolute atomic E-state index is 12.8. The summed E-state index contributed by atoms with van der Waals surface area (Å²) in [5.74, 6) is -0.279. The Balaban J connectivity index is 2.15. The molecular weight excluding hydrogens is 330 g/mol. The number of H-pyrrole nitrogens is 1. The van der Waals surface area contributed by atoms with Crippen molar-refractivity contribution in [2.45, 2.75) is 0 Å². The zero-order chi connectivity index (χ0) is 17.3. The van der Waals surface area contributed by atoms with Crippen LogP contribution in [-0.4, -0.2) is 34.1 Å². The van der Waals surface area contributed by atoms with Crippen molar-refractivity contribution in [2.24, 2.45) is 0 Å². The number of urea groups is 1. The van der Waals surface area contributed by atoms with Gasteiger partial charge in [-0.25, -0.2) is 9.86 Å². The van der Waals surface area contributed by atoms with Crippen molar-refractivity contribution in [1.82, 2.24) is 10.0 Å². The van der Waals surface area contributed by atoms with E-state index in [1.165, 1.54) is 7.05 Å². The summed E-state index contributed by atoms with van der Waals surface area (Å²) in [7, 11) is 1.19. The Bertz CT molecular complexity index is 919. The topological polar surface area (TPSA) is 85.4 Å². The van der Waals surface area contributed by atoms with Crippen molar-refractivity contribution in [1.29, 1.82) is 0 Å². The molecule has 0 aliphatic heterocycles. The fraction of sp³-hybridized carbons (Fsp3) is 0.0588. The summed E-state index contributed by atoms with van der Waals surface area (Å²) in [6, 6.07) is 13.0. The third kappa shape index (κ3) is 2.97. The average Bonchev–Trinajstić information content (AvgIpc) is 2.92. The predicted octanol–water partition coefficient (Wildman–Crippen LogP) is 3.91. The standard InChI is InChI=1S/C17H14ClN3O3/c1-21(24)17(23)20-14-12-8-7-11(18)9-13(12)19-15(14)16(22)10-5-3-2-4-6-10/h2-9,19,24H,1H3,(H,20,23). The lowest BCUT2D eigenvalue weighted by molar-refractivity contribution is -0.0118. The van der Waals surface area contributed by atoms with Gasteiger partial charge in [-0.3, -0.25) is 10.0 Å². The van der Waals surface area contributed by atoms with E-state index < -0.39 is 6.03 Å². The van der Waals surface area contributed by atoms with Gasteiger partial charge >= 0.3 is 6.03 Å². The van der Waals surface area contributed by atoms with Gasteiger partial charge in [0, 0.05) is 28.5 Å². The number of nitrogens with one attached hydrogen (secondary N) is 2. The second kappa shape index (κ2) is 6.35. The summed E-state index contributed by atoms with van der Waals surface area (Å²) in [5, 5.41) is 13.4. The van der Waals surface area contributed by atoms with Crippen LogP contribution >= 0.6 is 11.6 Å². The summed E-state index contributed by atoms with van der Waals surface area (Å²) in [5.41, 5.74) is 1.59. The maximum Gasteiger partial charge on any atom is 0.345 e. The van der Waals surface area contributed by atoms with Crippen LogP contribution in [0.3, 0.4) is 0 Å². The molecule has 6 nitrogen and oxygen atoms in total. The molecular formula is C17H14ClN3O3. The second-order valence-corrected chi connectivity index (χ2v) is 5.65. The first-order valence-electron chi connectivity index (χ1n) is 7.12. The van der Waals surface area contributed by atoms with Crippen LogP contribution in [-0.2, 0) is 0 Å². The number of hydrogen-bond acceptors (Lipinski definition) is 3. The number of amides is 2. The number of rotatable bonds is 3. The van der Waals surface area contributed by atoms with Gasteiger partial charge in [0.1, 0.15) is 5.69 Å². The van der Waals surface area contributed by atoms with E-state index in [-0.39, 0.29) is 11.5 Å². The Hall–Kier alpha value is -2.83. The number of carbonyl (C=O) groups excluding carboxylic acids is 2. The lowest BCUT2D eigenvalue weighted by atomic mass is 10.1. The lowest BCUT2D eigenvalue weighted by Crippen LogP contribution is -2.28. The third-order valence-electron chi connectivity index (χ3n) is 3.55. The number of aromatic nitrogens is 1. The molecule has 0 bridgehead atoms. The van der Waals surface area contributed by atoms with Crippen LogP contribution in [0.1, 0.15) is 16.1 Å². The minimum Gasteiger partial charge on any atom is -0.350 e. The van der Waals surface area contributed by atoms with Gasteiger partial charge in [-0.1, -0.05) is 41.9 Å². The molecule has 0 unspecified atom stereocenters. The number of anilines is 1. The van der Waals surface area contributed by atoms with Crippen molar-refractivity contribution < 1.29 is 14.8 Å². The molecule has 0 aliphatic carbocycles. The van der Waals surface area contributed by atoms with Crippen LogP contribution in [0, 0.1) is 0 Å². The van der Waals surface area contributed by atoms with E-state index in [9.17, 15) is 14.8 Å². The van der Waals surface area contributed by atoms with Gasteiger partial charge < -0.3 is 10.3 Å². The number of carbonyl (C=O) groups is 2. The molecule has 3 rings (SSSR count). The van der Waals surface area contributed by atoms with E-state index in [2.05, 4.69) is 10.3 Å². The Kier molecular flexibility index (Phi) is 4.24. The highest BCUT2D eigenvalue weighted by atomic mass is 35.5. The van der Waals surface area contributed by atoms with Crippen molar-refractivity contribution in [2.75, 3.05) is 12.4 Å². The summed E-state index contributed by atoms with van der Waals surface area (Å²) < 4.78 is 0. The second-order valence-electron chi connectivity index (χ2n) is 5.21. The number of nitrogens with zero attached hydrogens (tertiary/aromatic N) is 1. The monoisotopic (exact) mass is 343 g/mol. The summed E-state index contributed by atoms with van der Waals surface area (Å²) in [4.78, 5) is 27.6. The molecule has 1 aromatic heterocycles. The molecule has 122 valence electrons. The van der Waals surface area contributed by atoms with Crippen LogP contribution in [0.5, 0.6) is 0 Å². The lowest BCUT2D eigenvalue weighted by Gasteiger charge is -2.11. The first kappa shape index (κ1) is 16.0. The molecule has 0 aliphatic rings. The molecule has 0 radical (unpaired) electrons. The third-order valence-corrected chi connectivity index (χ3v) is 3.78. The SMILES string of the molecule is CN(O)C(=O)Nc1c(C(=O)c2ccccc2)[nH]c2cc(Cl)ccc12. The predicted molar refractivity (Wildman–Crippen MR) is 91.8 cm³/mol. The molecule has 3 aromatic rings. The highest BCUT2D eigenvalue weighted by Gasteiger charge is 2.21. The molecule has 2 aromatic carbocycles. The van der Waals surface area contributed by atoms with Gasteiger partial charge in [-0.15, -0.1) is 0 Å². The van der Waals surface area contributed by atoms with E-state index in [1.807, 2.05) is 6.07 Å². The zero-order valence-corrected chi connectivity index (χ0v) is 13.5. The fourth-order valence-corrected chi connectivity index (χ4v) is 2.56. The maximum atomic E-state index is 12.8. The Morgan fingerprint density at radius 3 is 2.54 bits per heavy atom. The number of benzene rings is 2. The van der Waals surface area contributed by atoms with E-state index in [4.69, 9.17) is 11.6 Å². The molecule has 0 atom stereocenters. The minimum absolute atomic E-state index is 0.216. The van der Waals surface area contributed by atoms with Crippen molar-refractivity contribution in [3.05, 3.63) is 64.8 Å². The van der Waals surface area contributed by atoms with E-state index in [0.29, 0.717) is 32.2 Å². The molecule has 0 spiro atoms. The Morgan fingerprint density at radius 1 is 1.17 bits per heavy atom.